The molecule has 0 radical (unpaired) electrons. The number of Topliss-reactive ketones (excluding diaryl/α,β-unsaturated/α-hetero) is 1. The van der Waals surface area contributed by atoms with Crippen LogP contribution in [0.3, 0.4) is 0 Å². The number of amides is 1. The highest BCUT2D eigenvalue weighted by Gasteiger charge is 2.38. The summed E-state index contributed by atoms with van der Waals surface area (Å²) in [6, 6.07) is 52.4. The Balaban J connectivity index is 0.000000158. The van der Waals surface area contributed by atoms with E-state index in [0.29, 0.717) is 23.7 Å². The average molecular weight is 1250 g/mol. The number of nitrogens with zero attached hydrogens (tertiary/aromatic N) is 7. The number of non-ortho nitro benzene ring substituents is 1. The monoisotopic (exact) mass is 1240 g/mol. The molecule has 452 valence electrons. The number of β-amino-alcohol motifs (C(OH)–C–C–N with tert-alkyl or cyclic N) is 1. The molecule has 1 fully saturated rings. The van der Waals surface area contributed by atoms with Crippen molar-refractivity contribution in [2.45, 2.75) is 67.2 Å². The molecule has 88 heavy (non-hydrogen) atoms. The van der Waals surface area contributed by atoms with E-state index in [1.54, 1.807) is 90.7 Å². The van der Waals surface area contributed by atoms with Gasteiger partial charge in [0.25, 0.3) is 27.1 Å². The number of aliphatic hydroxyl groups is 1. The molecule has 3 unspecified atom stereocenters. The number of anilines is 1. The van der Waals surface area contributed by atoms with Gasteiger partial charge in [0.15, 0.2) is 6.72 Å². The van der Waals surface area contributed by atoms with Crippen LogP contribution in [0.5, 0.6) is 5.75 Å². The number of rotatable bonds is 14. The highest BCUT2D eigenvalue weighted by atomic mass is 32.2. The van der Waals surface area contributed by atoms with E-state index in [-0.39, 0.29) is 33.6 Å². The molecule has 18 nitrogen and oxygen atoms in total. The molecule has 22 heteroatoms. The van der Waals surface area contributed by atoms with E-state index in [9.17, 15) is 48.0 Å². The van der Waals surface area contributed by atoms with E-state index < -0.39 is 26.9 Å². The van der Waals surface area contributed by atoms with Crippen molar-refractivity contribution in [2.75, 3.05) is 11.4 Å². The van der Waals surface area contributed by atoms with Gasteiger partial charge in [0.1, 0.15) is 10.6 Å². The van der Waals surface area contributed by atoms with Gasteiger partial charge in [0.2, 0.25) is 24.3 Å². The van der Waals surface area contributed by atoms with Crippen LogP contribution in [0.15, 0.2) is 251 Å². The van der Waals surface area contributed by atoms with Gasteiger partial charge in [0, 0.05) is 106 Å². The van der Waals surface area contributed by atoms with Crippen molar-refractivity contribution in [3.05, 3.63) is 268 Å². The standard InChI is InChI=1S/C16H20N3OS.C15H15FNO2.C14H9NOS.C11H13NO2.C10H8N2O4S/c1-4-5-6-7-8-15-17-18-16(2,21-15)13-9-11-14(12-10-13)19(3)20;1-12(16)19-15-9-7-13(8-10-15)11-17(18)14-5-3-2-4-6-14;16-14-11-5-1-2-6-12(11)17-13(14)8-10-4-3-7-15-9-10;1-11(14)7-10(13)12(8-11)9-5-3-2-4-6-9;13-12(14)9-3-5-10(6-4-9)17(15,16)11-7-1-2-8-11/h4-7,9-12,18,20H,3,8H2,1-2H3;2-12,18H,1H3;1-9H;2-6,14H,7-8H2,1H3;1-8H/q2*+1;;;/b5-4-,7-6+;17-11-;13-8-;;. The maximum absolute atomic E-state index is 12.6. The highest BCUT2D eigenvalue weighted by Crippen LogP contribution is 2.41. The van der Waals surface area contributed by atoms with Crippen LogP contribution in [0.1, 0.15) is 67.6 Å². The largest absolute Gasteiger partial charge is 0.461 e. The summed E-state index contributed by atoms with van der Waals surface area (Å²) in [5.41, 5.74) is 7.99. The van der Waals surface area contributed by atoms with Crippen LogP contribution in [0.4, 0.5) is 27.1 Å². The molecule has 2 aromatic heterocycles. The first kappa shape index (κ1) is 65.8. The molecule has 5 heterocycles. The van der Waals surface area contributed by atoms with Crippen LogP contribution in [0.25, 0.3) is 6.08 Å². The van der Waals surface area contributed by atoms with Crippen LogP contribution in [0, 0.1) is 10.1 Å². The molecule has 0 bridgehead atoms. The molecule has 4 N–H and O–H groups in total. The first-order chi connectivity index (χ1) is 42.1. The number of alkyl halides is 1. The van der Waals surface area contributed by atoms with Gasteiger partial charge in [0.05, 0.1) is 38.3 Å². The van der Waals surface area contributed by atoms with E-state index >= 15 is 0 Å². The molecule has 3 atom stereocenters. The van der Waals surface area contributed by atoms with Gasteiger partial charge in [-0.2, -0.15) is 5.10 Å². The molecule has 0 spiro atoms. The predicted octanol–water partition coefficient (Wildman–Crippen LogP) is 13.5. The second-order valence-electron chi connectivity index (χ2n) is 19.9. The average Bonchev–Trinajstić information content (AvgIpc) is 4.30. The van der Waals surface area contributed by atoms with Crippen LogP contribution in [0.2, 0.25) is 0 Å². The van der Waals surface area contributed by atoms with Crippen molar-refractivity contribution in [2.24, 2.45) is 5.10 Å². The molecule has 3 aliphatic rings. The number of hydrazone groups is 1. The normalized spacial score (nSPS) is 17.6. The fourth-order valence-electron chi connectivity index (χ4n) is 8.43. The number of thioether (sulfide) groups is 2. The van der Waals surface area contributed by atoms with Crippen molar-refractivity contribution in [3.8, 4) is 5.75 Å². The summed E-state index contributed by atoms with van der Waals surface area (Å²) in [7, 11) is -3.64. The first-order valence-corrected chi connectivity index (χ1v) is 30.4. The Kier molecular flexibility index (Phi) is 23.2. The fraction of sp³-hybridized carbons (Fsp3) is 0.152. The number of hydrogen-bond acceptors (Lipinski definition) is 15. The van der Waals surface area contributed by atoms with E-state index in [2.05, 4.69) is 35.2 Å². The van der Waals surface area contributed by atoms with Gasteiger partial charge in [-0.05, 0) is 129 Å². The predicted molar refractivity (Wildman–Crippen MR) is 343 cm³/mol. The Hall–Kier alpha value is -9.74. The molecule has 0 aliphatic carbocycles. The maximum atomic E-state index is 12.6. The number of benzene rings is 6. The van der Waals surface area contributed by atoms with Crippen molar-refractivity contribution in [1.82, 2.24) is 14.4 Å². The van der Waals surface area contributed by atoms with E-state index in [0.717, 1.165) is 74.8 Å². The molecule has 1 amide bonds. The minimum Gasteiger partial charge on any atom is -0.461 e. The third kappa shape index (κ3) is 18.9. The van der Waals surface area contributed by atoms with E-state index in [1.165, 1.54) is 43.2 Å². The van der Waals surface area contributed by atoms with E-state index in [4.69, 9.17) is 4.74 Å². The number of hydrogen-bond donors (Lipinski definition) is 4. The Labute approximate surface area is 518 Å². The van der Waals surface area contributed by atoms with Crippen LogP contribution >= 0.6 is 23.5 Å². The van der Waals surface area contributed by atoms with Crippen molar-refractivity contribution >= 4 is 92.0 Å². The number of nitro benzene ring substituents is 1. The van der Waals surface area contributed by atoms with Gasteiger partial charge < -0.3 is 14.7 Å². The Bertz CT molecular complexity index is 3930. The summed E-state index contributed by atoms with van der Waals surface area (Å²) in [5.74, 6) is 0.548. The lowest BCUT2D eigenvalue weighted by Gasteiger charge is -2.22. The molecule has 11 rings (SSSR count). The number of aromatic nitrogens is 2. The van der Waals surface area contributed by atoms with Gasteiger partial charge >= 0.3 is 0 Å². The Morgan fingerprint density at radius 3 is 2.02 bits per heavy atom. The summed E-state index contributed by atoms with van der Waals surface area (Å²) >= 11 is 3.23. The number of ether oxygens (including phenoxy) is 1. The van der Waals surface area contributed by atoms with Gasteiger partial charge in [-0.1, -0.05) is 102 Å². The van der Waals surface area contributed by atoms with Crippen molar-refractivity contribution < 1.29 is 57.1 Å². The zero-order valence-corrected chi connectivity index (χ0v) is 50.9. The molecule has 1 saturated heterocycles. The van der Waals surface area contributed by atoms with Crippen LogP contribution in [-0.4, -0.2) is 95.5 Å². The smallest absolute Gasteiger partial charge is 0.269 e. The summed E-state index contributed by atoms with van der Waals surface area (Å²) in [6.07, 6.45) is 17.5. The van der Waals surface area contributed by atoms with Gasteiger partial charge in [-0.25, -0.2) is 16.8 Å². The number of ketones is 1. The SMILES string of the molecule is C=[N+](O)c1ccc(C2(C)NN=C(C/C=C/C=C\C)S2)cc1.CC(F)Oc1ccc(/C=[N+](\O)c2ccccc2)cc1.CC1(O)CC(=O)N(c2ccccc2)C1.O=C1/C(=C/c2cccnc2)Sc2ccccc21.O=[N+]([O-])c1ccc(S(=O)(=O)n2cccc2)cc1. The Morgan fingerprint density at radius 1 is 0.807 bits per heavy atom. The minimum absolute atomic E-state index is 0.0128. The third-order valence-electron chi connectivity index (χ3n) is 12.8. The molecular weight excluding hydrogens is 1180 g/mol. The number of carbonyl (C=O) groups excluding carboxylic acids is 2. The second kappa shape index (κ2) is 31.1. The number of allylic oxidation sites excluding steroid dienone is 5. The number of halogens is 1. The number of nitro groups is 1. The zero-order valence-electron chi connectivity index (χ0n) is 48.4. The lowest BCUT2D eigenvalue weighted by atomic mass is 10.1. The number of fused-ring (bicyclic) bond motifs is 1. The van der Waals surface area contributed by atoms with Gasteiger partial charge in [-0.3, -0.25) is 40.5 Å². The molecule has 8 aromatic rings. The fourth-order valence-corrected chi connectivity index (χ4v) is 11.7. The van der Waals surface area contributed by atoms with Crippen molar-refractivity contribution in [1.29, 1.82) is 0 Å². The quantitative estimate of drug-likeness (QED) is 0.0151. The summed E-state index contributed by atoms with van der Waals surface area (Å²) in [4.78, 5) is 40.7. The number of pyridine rings is 1. The van der Waals surface area contributed by atoms with Crippen molar-refractivity contribution in [3.63, 3.8) is 0 Å². The number of para-hydroxylation sites is 2. The topological polar surface area (TPSA) is 233 Å². The summed E-state index contributed by atoms with van der Waals surface area (Å²) < 4.78 is 44.4. The lowest BCUT2D eigenvalue weighted by molar-refractivity contribution is -0.709. The van der Waals surface area contributed by atoms with Crippen LogP contribution in [-0.2, 0) is 19.7 Å². The van der Waals surface area contributed by atoms with Crippen LogP contribution < -0.4 is 15.1 Å². The first-order valence-electron chi connectivity index (χ1n) is 27.3. The van der Waals surface area contributed by atoms with Gasteiger partial charge in [-0.15, -0.1) is 0 Å². The van der Waals surface area contributed by atoms with E-state index in [1.807, 2.05) is 140 Å². The number of nitrogens with one attached hydrogen (secondary N) is 1. The number of carbonyl (C=O) groups is 2. The molecule has 6 aromatic carbocycles. The second-order valence-corrected chi connectivity index (χ2v) is 24.3. The zero-order chi connectivity index (χ0) is 63.3. The summed E-state index contributed by atoms with van der Waals surface area (Å²) in [5, 5.41) is 44.8. The Morgan fingerprint density at radius 2 is 1.44 bits per heavy atom. The third-order valence-corrected chi connectivity index (χ3v) is 16.8. The highest BCUT2D eigenvalue weighted by molar-refractivity contribution is 8.14. The minimum atomic E-state index is -3.64. The lowest BCUT2D eigenvalue weighted by Crippen LogP contribution is -2.30. The maximum Gasteiger partial charge on any atom is 0.269 e. The molecular formula is C66H65FN8O10S3+2. The molecule has 0 saturated carbocycles. The summed E-state index contributed by atoms with van der Waals surface area (Å²) in [6.45, 7) is 10.9. The molecule has 3 aliphatic heterocycles.